The highest BCUT2D eigenvalue weighted by molar-refractivity contribution is 7.47. The summed E-state index contributed by atoms with van der Waals surface area (Å²) in [4.78, 5) is 73.1. The molecular formula is C89H146O17P2. The Kier molecular flexibility index (Phi) is 75.4. The van der Waals surface area contributed by atoms with Gasteiger partial charge in [-0.15, -0.1) is 0 Å². The van der Waals surface area contributed by atoms with Crippen molar-refractivity contribution in [3.63, 3.8) is 0 Å². The molecule has 0 aromatic heterocycles. The van der Waals surface area contributed by atoms with Gasteiger partial charge in [0.1, 0.15) is 19.3 Å². The van der Waals surface area contributed by atoms with E-state index in [1.165, 1.54) is 64.2 Å². The highest BCUT2D eigenvalue weighted by atomic mass is 31.2. The van der Waals surface area contributed by atoms with E-state index in [-0.39, 0.29) is 25.7 Å². The second kappa shape index (κ2) is 79.5. The van der Waals surface area contributed by atoms with Crippen molar-refractivity contribution >= 4 is 39.5 Å². The van der Waals surface area contributed by atoms with Crippen molar-refractivity contribution in [3.05, 3.63) is 170 Å². The molecule has 3 N–H and O–H groups in total. The van der Waals surface area contributed by atoms with Crippen molar-refractivity contribution in [3.8, 4) is 0 Å². The fraction of sp³-hybridized carbons (Fsp3) is 0.640. The zero-order valence-electron chi connectivity index (χ0n) is 67.2. The Morgan fingerprint density at radius 1 is 0.269 bits per heavy atom. The molecule has 108 heavy (non-hydrogen) atoms. The fourth-order valence-electron chi connectivity index (χ4n) is 10.3. The predicted molar refractivity (Wildman–Crippen MR) is 445 cm³/mol. The first-order valence-electron chi connectivity index (χ1n) is 41.4. The molecule has 0 saturated carbocycles. The topological polar surface area (TPSA) is 237 Å². The average molecular weight is 1550 g/mol. The lowest BCUT2D eigenvalue weighted by molar-refractivity contribution is -0.161. The molecule has 3 unspecified atom stereocenters. The van der Waals surface area contributed by atoms with Crippen molar-refractivity contribution in [1.29, 1.82) is 0 Å². The summed E-state index contributed by atoms with van der Waals surface area (Å²) in [5, 5.41) is 10.7. The molecule has 19 heteroatoms. The second-order valence-corrected chi connectivity index (χ2v) is 29.9. The SMILES string of the molecule is CC/C=C\C/C=C\C/C=C\C/C=C\C/C=C\CCCCCC(=O)OC[C@H](COP(=O)(O)OCC(O)COP(=O)(O)OC[C@@H](COC(=O)CCC/C=C\C/C=C\C/C=C\C/C=C\CCCCC)OC(=O)CCCCCCCCC/C=C\CCCCCC)OC(=O)CCC/C=C\C/C=C\C/C=C\C/C=C\CCCCC. The van der Waals surface area contributed by atoms with Crippen molar-refractivity contribution < 1.29 is 80.2 Å². The van der Waals surface area contributed by atoms with Gasteiger partial charge in [-0.3, -0.25) is 37.3 Å². The molecule has 0 aliphatic heterocycles. The Morgan fingerprint density at radius 2 is 0.491 bits per heavy atom. The molecule has 5 atom stereocenters. The van der Waals surface area contributed by atoms with E-state index in [9.17, 15) is 43.2 Å². The number of phosphoric acid groups is 2. The maximum Gasteiger partial charge on any atom is 0.472 e. The van der Waals surface area contributed by atoms with Crippen LogP contribution in [0.4, 0.5) is 0 Å². The first-order chi connectivity index (χ1) is 52.7. The molecular weight excluding hydrogens is 1400 g/mol. The lowest BCUT2D eigenvalue weighted by Gasteiger charge is -2.21. The molecule has 0 aromatic carbocycles. The Labute approximate surface area is 654 Å². The van der Waals surface area contributed by atoms with Crippen molar-refractivity contribution in [1.82, 2.24) is 0 Å². The number of aliphatic hydroxyl groups is 1. The van der Waals surface area contributed by atoms with Gasteiger partial charge in [0.2, 0.25) is 0 Å². The van der Waals surface area contributed by atoms with Gasteiger partial charge in [0, 0.05) is 25.7 Å². The zero-order chi connectivity index (χ0) is 78.9. The number of carbonyl (C=O) groups excluding carboxylic acids is 4. The van der Waals surface area contributed by atoms with Gasteiger partial charge in [-0.2, -0.15) is 0 Å². The van der Waals surface area contributed by atoms with Gasteiger partial charge in [0.05, 0.1) is 26.4 Å². The van der Waals surface area contributed by atoms with Crippen molar-refractivity contribution in [2.45, 2.75) is 329 Å². The quantitative estimate of drug-likeness (QED) is 0.0169. The number of hydrogen-bond donors (Lipinski definition) is 3. The van der Waals surface area contributed by atoms with Crippen molar-refractivity contribution in [2.24, 2.45) is 0 Å². The number of hydrogen-bond acceptors (Lipinski definition) is 15. The first-order valence-corrected chi connectivity index (χ1v) is 44.4. The summed E-state index contributed by atoms with van der Waals surface area (Å²) in [6.45, 7) is 4.52. The van der Waals surface area contributed by atoms with Gasteiger partial charge in [-0.05, 0) is 173 Å². The Morgan fingerprint density at radius 3 is 0.824 bits per heavy atom. The third-order valence-corrected chi connectivity index (χ3v) is 18.5. The molecule has 0 rings (SSSR count). The molecule has 0 fully saturated rings. The predicted octanol–water partition coefficient (Wildman–Crippen LogP) is 24.6. The van der Waals surface area contributed by atoms with Gasteiger partial charge in [-0.1, -0.05) is 281 Å². The lowest BCUT2D eigenvalue weighted by Crippen LogP contribution is -2.30. The van der Waals surface area contributed by atoms with Crippen LogP contribution in [0.1, 0.15) is 310 Å². The van der Waals surface area contributed by atoms with E-state index in [2.05, 4.69) is 174 Å². The Bertz CT molecular complexity index is 2710. The molecule has 614 valence electrons. The minimum Gasteiger partial charge on any atom is -0.462 e. The molecule has 0 bridgehead atoms. The molecule has 0 radical (unpaired) electrons. The van der Waals surface area contributed by atoms with E-state index in [0.29, 0.717) is 38.5 Å². The summed E-state index contributed by atoms with van der Waals surface area (Å²) >= 11 is 0. The van der Waals surface area contributed by atoms with Gasteiger partial charge < -0.3 is 33.8 Å². The second-order valence-electron chi connectivity index (χ2n) is 27.0. The summed E-state index contributed by atoms with van der Waals surface area (Å²) in [6, 6.07) is 0. The highest BCUT2D eigenvalue weighted by Crippen LogP contribution is 2.45. The summed E-state index contributed by atoms with van der Waals surface area (Å²) in [6.07, 6.45) is 94.8. The van der Waals surface area contributed by atoms with E-state index >= 15 is 0 Å². The maximum atomic E-state index is 13.1. The minimum atomic E-state index is -5.01. The third kappa shape index (κ3) is 78.5. The van der Waals surface area contributed by atoms with Crippen LogP contribution in [0.3, 0.4) is 0 Å². The van der Waals surface area contributed by atoms with Crippen LogP contribution in [-0.2, 0) is 65.4 Å². The smallest absolute Gasteiger partial charge is 0.462 e. The summed E-state index contributed by atoms with van der Waals surface area (Å²) in [7, 11) is -10.0. The van der Waals surface area contributed by atoms with E-state index in [1.807, 2.05) is 24.3 Å². The van der Waals surface area contributed by atoms with Crippen LogP contribution in [-0.4, -0.2) is 96.7 Å². The number of rotatable bonds is 76. The fourth-order valence-corrected chi connectivity index (χ4v) is 11.9. The van der Waals surface area contributed by atoms with Crippen molar-refractivity contribution in [2.75, 3.05) is 39.6 Å². The summed E-state index contributed by atoms with van der Waals surface area (Å²) in [5.41, 5.74) is 0. The van der Waals surface area contributed by atoms with Crippen LogP contribution in [0, 0.1) is 0 Å². The molecule has 0 amide bonds. The van der Waals surface area contributed by atoms with E-state index < -0.39 is 97.5 Å². The van der Waals surface area contributed by atoms with Crippen LogP contribution in [0.25, 0.3) is 0 Å². The number of phosphoric ester groups is 2. The largest absolute Gasteiger partial charge is 0.472 e. The number of carbonyl (C=O) groups is 4. The number of ether oxygens (including phenoxy) is 4. The van der Waals surface area contributed by atoms with Crippen LogP contribution >= 0.6 is 15.6 Å². The van der Waals surface area contributed by atoms with E-state index in [1.54, 1.807) is 0 Å². The monoisotopic (exact) mass is 1550 g/mol. The molecule has 0 heterocycles. The standard InChI is InChI=1S/C89H146O17P2/c1-5-9-13-17-21-25-29-33-37-40-41-44-47-50-54-58-62-66-70-74-87(92)100-80-85(106-89(94)76-72-68-64-60-56-52-48-43-39-35-31-27-23-19-15-11-7-3)82-104-108(97,98)102-78-83(90)77-101-107(95,96)103-81-84(105-88(93)75-71-67-63-59-55-51-45-36-32-28-24-20-16-12-8-4)79-99-86(91)73-69-65-61-57-53-49-46-42-38-34-30-26-22-18-14-10-6-2/h9,13,21-23,25-28,32-35,37-39,41,44,46,48-50,52,54,57,60-61,64,83-85,90H,5-8,10-12,14-20,24,29-31,36,40,42-43,45,47,51,53,55-56,58-59,62-63,65-82H2,1-4H3,(H,95,96)(H,97,98)/b13-9-,25-21-,26-22-,27-23-,32-28-,37-33-,38-34-,39-35-,44-41-,49-46-,52-48-,54-50-,61-57-,64-60-/t83?,84-,85-/m1/s1. The summed E-state index contributed by atoms with van der Waals surface area (Å²) in [5.74, 6) is -2.36. The highest BCUT2D eigenvalue weighted by Gasteiger charge is 2.30. The molecule has 0 aliphatic rings. The number of esters is 4. The van der Waals surface area contributed by atoms with Crippen LogP contribution < -0.4 is 0 Å². The van der Waals surface area contributed by atoms with Gasteiger partial charge in [0.25, 0.3) is 0 Å². The molecule has 17 nitrogen and oxygen atoms in total. The van der Waals surface area contributed by atoms with Crippen LogP contribution in [0.5, 0.6) is 0 Å². The molecule has 0 spiro atoms. The number of aliphatic hydroxyl groups excluding tert-OH is 1. The van der Waals surface area contributed by atoms with Gasteiger partial charge in [-0.25, -0.2) is 9.13 Å². The van der Waals surface area contributed by atoms with Crippen LogP contribution in [0.2, 0.25) is 0 Å². The van der Waals surface area contributed by atoms with Gasteiger partial charge in [0.15, 0.2) is 12.2 Å². The number of allylic oxidation sites excluding steroid dienone is 28. The first kappa shape index (κ1) is 102. The number of unbranched alkanes of at least 4 members (excludes halogenated alkanes) is 22. The van der Waals surface area contributed by atoms with Crippen LogP contribution in [0.15, 0.2) is 170 Å². The average Bonchev–Trinajstić information content (AvgIpc) is 0.906. The lowest BCUT2D eigenvalue weighted by atomic mass is 10.1. The Hall–Kier alpha value is -5.58. The molecule has 0 aliphatic carbocycles. The van der Waals surface area contributed by atoms with Gasteiger partial charge >= 0.3 is 39.5 Å². The van der Waals surface area contributed by atoms with E-state index in [0.717, 1.165) is 154 Å². The van der Waals surface area contributed by atoms with E-state index in [4.69, 9.17) is 37.0 Å². The zero-order valence-corrected chi connectivity index (χ0v) is 69.0. The summed E-state index contributed by atoms with van der Waals surface area (Å²) < 4.78 is 68.6. The normalized spacial score (nSPS) is 14.7. The third-order valence-electron chi connectivity index (χ3n) is 16.6. The Balaban J connectivity index is 5.52. The molecule has 0 saturated heterocycles. The molecule has 0 aromatic rings. The minimum absolute atomic E-state index is 0.00411. The maximum absolute atomic E-state index is 13.1.